The number of hydrogen-bond acceptors (Lipinski definition) is 4. The van der Waals surface area contributed by atoms with Crippen LogP contribution in [0.1, 0.15) is 36.6 Å². The molecule has 0 amide bonds. The van der Waals surface area contributed by atoms with E-state index in [0.29, 0.717) is 5.69 Å². The van der Waals surface area contributed by atoms with E-state index in [1.807, 2.05) is 45.9 Å². The van der Waals surface area contributed by atoms with Gasteiger partial charge in [0.25, 0.3) is 0 Å². The summed E-state index contributed by atoms with van der Waals surface area (Å²) >= 11 is 0. The molecule has 0 radical (unpaired) electrons. The lowest BCUT2D eigenvalue weighted by Gasteiger charge is -2.06. The molecule has 6 heteroatoms. The Hall–Kier alpha value is -2.37. The van der Waals surface area contributed by atoms with Crippen LogP contribution in [0.15, 0.2) is 18.2 Å². The molecular weight excluding hydrogens is 256 g/mol. The molecule has 0 spiro atoms. The second kappa shape index (κ2) is 4.96. The molecule has 106 valence electrons. The Kier molecular flexibility index (Phi) is 3.48. The number of aryl methyl sites for hydroxylation is 2. The van der Waals surface area contributed by atoms with Crippen molar-refractivity contribution in [3.8, 4) is 5.69 Å². The van der Waals surface area contributed by atoms with Crippen LogP contribution in [0.4, 0.5) is 11.5 Å². The third kappa shape index (κ3) is 2.36. The Morgan fingerprint density at radius 1 is 1.25 bits per heavy atom. The molecule has 6 nitrogen and oxygen atoms in total. The van der Waals surface area contributed by atoms with Gasteiger partial charge in [-0.3, -0.25) is 10.1 Å². The smallest absolute Gasteiger partial charge is 0.334 e. The zero-order valence-electron chi connectivity index (χ0n) is 12.0. The highest BCUT2D eigenvalue weighted by molar-refractivity contribution is 5.61. The lowest BCUT2D eigenvalue weighted by atomic mass is 10.1. The second-order valence-electron chi connectivity index (χ2n) is 5.29. The second-order valence-corrected chi connectivity index (χ2v) is 5.29. The van der Waals surface area contributed by atoms with E-state index in [0.717, 1.165) is 16.8 Å². The molecule has 1 aromatic heterocycles. The van der Waals surface area contributed by atoms with Crippen molar-refractivity contribution in [2.24, 2.45) is 0 Å². The first-order valence-electron chi connectivity index (χ1n) is 6.42. The SMILES string of the molecule is Cc1cc(C)cc(-n2nc(C(C)C)c([N+](=O)[O-])c2N)c1. The topological polar surface area (TPSA) is 87.0 Å². The number of hydrogen-bond donors (Lipinski definition) is 1. The van der Waals surface area contributed by atoms with E-state index in [1.54, 1.807) is 0 Å². The van der Waals surface area contributed by atoms with Gasteiger partial charge in [-0.2, -0.15) is 5.10 Å². The number of aromatic nitrogens is 2. The van der Waals surface area contributed by atoms with Crippen molar-refractivity contribution < 1.29 is 4.92 Å². The normalized spacial score (nSPS) is 11.1. The molecule has 0 aliphatic carbocycles. The number of benzene rings is 1. The highest BCUT2D eigenvalue weighted by Gasteiger charge is 2.28. The van der Waals surface area contributed by atoms with Crippen molar-refractivity contribution in [1.29, 1.82) is 0 Å². The molecular formula is C14H18N4O2. The molecule has 2 aromatic rings. The largest absolute Gasteiger partial charge is 0.378 e. The number of anilines is 1. The summed E-state index contributed by atoms with van der Waals surface area (Å²) in [4.78, 5) is 10.7. The first kappa shape index (κ1) is 14.0. The van der Waals surface area contributed by atoms with Crippen LogP contribution >= 0.6 is 0 Å². The van der Waals surface area contributed by atoms with Crippen molar-refractivity contribution in [3.05, 3.63) is 45.1 Å². The predicted octanol–water partition coefficient (Wildman–Crippen LogP) is 3.10. The molecule has 0 fully saturated rings. The van der Waals surface area contributed by atoms with Crippen molar-refractivity contribution in [2.45, 2.75) is 33.6 Å². The molecule has 2 rings (SSSR count). The van der Waals surface area contributed by atoms with E-state index in [4.69, 9.17) is 5.73 Å². The van der Waals surface area contributed by atoms with Gasteiger partial charge in [-0.05, 0) is 37.1 Å². The van der Waals surface area contributed by atoms with Crippen LogP contribution in [-0.2, 0) is 0 Å². The third-order valence-electron chi connectivity index (χ3n) is 3.10. The maximum atomic E-state index is 11.2. The summed E-state index contributed by atoms with van der Waals surface area (Å²) in [7, 11) is 0. The number of rotatable bonds is 3. The summed E-state index contributed by atoms with van der Waals surface area (Å²) in [5.41, 5.74) is 9.11. The number of nitro groups is 1. The maximum absolute atomic E-state index is 11.2. The lowest BCUT2D eigenvalue weighted by molar-refractivity contribution is -0.384. The van der Waals surface area contributed by atoms with E-state index in [2.05, 4.69) is 5.10 Å². The van der Waals surface area contributed by atoms with Gasteiger partial charge in [0.1, 0.15) is 5.69 Å². The molecule has 2 N–H and O–H groups in total. The minimum absolute atomic E-state index is 0.0649. The van der Waals surface area contributed by atoms with Crippen LogP contribution in [-0.4, -0.2) is 14.7 Å². The van der Waals surface area contributed by atoms with Gasteiger partial charge in [-0.15, -0.1) is 0 Å². The quantitative estimate of drug-likeness (QED) is 0.688. The Bertz CT molecular complexity index is 654. The molecule has 0 saturated carbocycles. The monoisotopic (exact) mass is 274 g/mol. The van der Waals surface area contributed by atoms with Crippen LogP contribution in [0.3, 0.4) is 0 Å². The first-order valence-corrected chi connectivity index (χ1v) is 6.42. The fourth-order valence-corrected chi connectivity index (χ4v) is 2.29. The maximum Gasteiger partial charge on any atom is 0.334 e. The summed E-state index contributed by atoms with van der Waals surface area (Å²) < 4.78 is 1.45. The molecule has 20 heavy (non-hydrogen) atoms. The van der Waals surface area contributed by atoms with Gasteiger partial charge >= 0.3 is 5.69 Å². The van der Waals surface area contributed by atoms with Crippen molar-refractivity contribution in [2.75, 3.05) is 5.73 Å². The number of nitrogen functional groups attached to an aromatic ring is 1. The average Bonchev–Trinajstić information content (AvgIpc) is 2.65. The van der Waals surface area contributed by atoms with Crippen molar-refractivity contribution in [3.63, 3.8) is 0 Å². The van der Waals surface area contributed by atoms with E-state index in [9.17, 15) is 10.1 Å². The lowest BCUT2D eigenvalue weighted by Crippen LogP contribution is -2.03. The molecule has 1 aromatic carbocycles. The summed E-state index contributed by atoms with van der Waals surface area (Å²) in [6.45, 7) is 7.66. The zero-order chi connectivity index (χ0) is 15.0. The van der Waals surface area contributed by atoms with Gasteiger partial charge < -0.3 is 5.73 Å². The summed E-state index contributed by atoms with van der Waals surface area (Å²) in [6, 6.07) is 5.84. The van der Waals surface area contributed by atoms with E-state index < -0.39 is 4.92 Å². The van der Waals surface area contributed by atoms with Crippen LogP contribution in [0.2, 0.25) is 0 Å². The Balaban J connectivity index is 2.69. The average molecular weight is 274 g/mol. The number of nitrogens with two attached hydrogens (primary N) is 1. The Morgan fingerprint density at radius 3 is 2.20 bits per heavy atom. The predicted molar refractivity (Wildman–Crippen MR) is 78.2 cm³/mol. The van der Waals surface area contributed by atoms with Crippen LogP contribution in [0.25, 0.3) is 5.69 Å². The molecule has 0 saturated heterocycles. The zero-order valence-corrected chi connectivity index (χ0v) is 12.0. The fourth-order valence-electron chi connectivity index (χ4n) is 2.29. The van der Waals surface area contributed by atoms with Crippen LogP contribution in [0.5, 0.6) is 0 Å². The van der Waals surface area contributed by atoms with E-state index in [1.165, 1.54) is 4.68 Å². The highest BCUT2D eigenvalue weighted by Crippen LogP contribution is 2.33. The molecule has 0 unspecified atom stereocenters. The Morgan fingerprint density at radius 2 is 1.80 bits per heavy atom. The third-order valence-corrected chi connectivity index (χ3v) is 3.10. The molecule has 0 atom stereocenters. The Labute approximate surface area is 117 Å². The first-order chi connectivity index (χ1) is 9.31. The van der Waals surface area contributed by atoms with Crippen LogP contribution < -0.4 is 5.73 Å². The molecule has 0 aliphatic rings. The molecule has 0 aliphatic heterocycles. The van der Waals surface area contributed by atoms with E-state index >= 15 is 0 Å². The van der Waals surface area contributed by atoms with Gasteiger partial charge in [0.15, 0.2) is 0 Å². The van der Waals surface area contributed by atoms with Gasteiger partial charge in [0.05, 0.1) is 10.6 Å². The van der Waals surface area contributed by atoms with Gasteiger partial charge in [-0.25, -0.2) is 4.68 Å². The summed E-state index contributed by atoms with van der Waals surface area (Å²) in [5, 5.41) is 15.5. The van der Waals surface area contributed by atoms with Gasteiger partial charge in [0, 0.05) is 5.92 Å². The minimum atomic E-state index is -0.461. The molecule has 1 heterocycles. The highest BCUT2D eigenvalue weighted by atomic mass is 16.6. The van der Waals surface area contributed by atoms with Crippen molar-refractivity contribution in [1.82, 2.24) is 9.78 Å². The van der Waals surface area contributed by atoms with Gasteiger partial charge in [0.2, 0.25) is 5.82 Å². The van der Waals surface area contributed by atoms with E-state index in [-0.39, 0.29) is 17.4 Å². The summed E-state index contributed by atoms with van der Waals surface area (Å²) in [5.74, 6) is 0.00792. The van der Waals surface area contributed by atoms with Crippen molar-refractivity contribution >= 4 is 11.5 Å². The standard InChI is InChI=1S/C14H18N4O2/c1-8(2)12-13(18(19)20)14(15)17(16-12)11-6-9(3)5-10(4)7-11/h5-8H,15H2,1-4H3. The summed E-state index contributed by atoms with van der Waals surface area (Å²) in [6.07, 6.45) is 0. The van der Waals surface area contributed by atoms with Gasteiger partial charge in [-0.1, -0.05) is 19.9 Å². The fraction of sp³-hybridized carbons (Fsp3) is 0.357. The minimum Gasteiger partial charge on any atom is -0.378 e. The molecule has 0 bridgehead atoms. The van der Waals surface area contributed by atoms with Crippen LogP contribution in [0, 0.1) is 24.0 Å². The number of nitrogens with zero attached hydrogens (tertiary/aromatic N) is 3.